The number of aliphatic hydroxyl groups excluding tert-OH is 1. The molecule has 0 saturated heterocycles. The first-order valence-electron chi connectivity index (χ1n) is 4.90. The van der Waals surface area contributed by atoms with E-state index in [0.717, 1.165) is 12.2 Å². The summed E-state index contributed by atoms with van der Waals surface area (Å²) in [6, 6.07) is 9.68. The highest BCUT2D eigenvalue weighted by Gasteiger charge is 1.86. The van der Waals surface area contributed by atoms with E-state index < -0.39 is 0 Å². The van der Waals surface area contributed by atoms with Gasteiger partial charge in [-0.2, -0.15) is 0 Å². The van der Waals surface area contributed by atoms with Gasteiger partial charge in [0.1, 0.15) is 5.75 Å². The summed E-state index contributed by atoms with van der Waals surface area (Å²) in [5.74, 6) is 1.56. The molecule has 0 bridgehead atoms. The number of ether oxygens (including phenoxy) is 1. The topological polar surface area (TPSA) is 29.5 Å². The Morgan fingerprint density at radius 1 is 1.21 bits per heavy atom. The number of rotatable bonds is 3. The molecule has 0 atom stereocenters. The highest BCUT2D eigenvalue weighted by molar-refractivity contribution is 5.20. The van der Waals surface area contributed by atoms with Crippen LogP contribution in [0.2, 0.25) is 0 Å². The van der Waals surface area contributed by atoms with E-state index in [2.05, 4.69) is 13.8 Å². The second-order valence-corrected chi connectivity index (χ2v) is 3.42. The van der Waals surface area contributed by atoms with Gasteiger partial charge in [0.15, 0.2) is 0 Å². The van der Waals surface area contributed by atoms with E-state index in [1.54, 1.807) is 7.11 Å². The zero-order chi connectivity index (χ0) is 10.8. The first-order chi connectivity index (χ1) is 6.70. The van der Waals surface area contributed by atoms with Gasteiger partial charge in [-0.25, -0.2) is 0 Å². The van der Waals surface area contributed by atoms with Gasteiger partial charge in [0, 0.05) is 6.61 Å². The predicted molar refractivity (Wildman–Crippen MR) is 59.5 cm³/mol. The lowest BCUT2D eigenvalue weighted by molar-refractivity contribution is 0.268. The molecule has 0 aliphatic carbocycles. The minimum absolute atomic E-state index is 0.331. The Morgan fingerprint density at radius 3 is 2.00 bits per heavy atom. The van der Waals surface area contributed by atoms with Gasteiger partial charge in [0.05, 0.1) is 7.11 Å². The summed E-state index contributed by atoms with van der Waals surface area (Å²) in [4.78, 5) is 0. The van der Waals surface area contributed by atoms with E-state index in [0.29, 0.717) is 12.5 Å². The SMILES string of the molecule is CC(C)CCO.COc1ccccc1. The fraction of sp³-hybridized carbons (Fsp3) is 0.500. The van der Waals surface area contributed by atoms with Crippen molar-refractivity contribution in [2.45, 2.75) is 20.3 Å². The molecule has 0 unspecified atom stereocenters. The van der Waals surface area contributed by atoms with Gasteiger partial charge in [-0.05, 0) is 24.5 Å². The molecule has 0 aliphatic rings. The van der Waals surface area contributed by atoms with Gasteiger partial charge in [0.25, 0.3) is 0 Å². The van der Waals surface area contributed by atoms with Crippen molar-refractivity contribution in [1.82, 2.24) is 0 Å². The number of para-hydroxylation sites is 1. The van der Waals surface area contributed by atoms with Crippen molar-refractivity contribution in [3.63, 3.8) is 0 Å². The lowest BCUT2D eigenvalue weighted by Crippen LogP contribution is -1.89. The fourth-order valence-electron chi connectivity index (χ4n) is 0.815. The summed E-state index contributed by atoms with van der Waals surface area (Å²) < 4.78 is 4.91. The van der Waals surface area contributed by atoms with E-state index in [9.17, 15) is 0 Å². The van der Waals surface area contributed by atoms with Crippen LogP contribution in [0.5, 0.6) is 5.75 Å². The van der Waals surface area contributed by atoms with Crippen LogP contribution >= 0.6 is 0 Å². The Labute approximate surface area is 86.5 Å². The van der Waals surface area contributed by atoms with Crippen molar-refractivity contribution in [2.75, 3.05) is 13.7 Å². The van der Waals surface area contributed by atoms with E-state index in [4.69, 9.17) is 9.84 Å². The molecule has 2 heteroatoms. The zero-order valence-corrected chi connectivity index (χ0v) is 9.23. The molecule has 0 aromatic heterocycles. The smallest absolute Gasteiger partial charge is 0.118 e. The molecule has 0 saturated carbocycles. The minimum atomic E-state index is 0.331. The Kier molecular flexibility index (Phi) is 7.95. The Hall–Kier alpha value is -1.02. The second kappa shape index (κ2) is 8.57. The van der Waals surface area contributed by atoms with Crippen molar-refractivity contribution in [3.05, 3.63) is 30.3 Å². The average Bonchev–Trinajstić information content (AvgIpc) is 2.20. The quantitative estimate of drug-likeness (QED) is 0.805. The van der Waals surface area contributed by atoms with Crippen LogP contribution in [-0.4, -0.2) is 18.8 Å². The maximum absolute atomic E-state index is 8.24. The van der Waals surface area contributed by atoms with E-state index in [1.807, 2.05) is 30.3 Å². The number of hydrogen-bond acceptors (Lipinski definition) is 2. The van der Waals surface area contributed by atoms with Crippen LogP contribution in [-0.2, 0) is 0 Å². The van der Waals surface area contributed by atoms with Crippen LogP contribution in [0.4, 0.5) is 0 Å². The lowest BCUT2D eigenvalue weighted by Gasteiger charge is -1.95. The molecule has 0 heterocycles. The summed E-state index contributed by atoms with van der Waals surface area (Å²) in [5, 5.41) is 8.24. The van der Waals surface area contributed by atoms with Gasteiger partial charge < -0.3 is 9.84 Å². The van der Waals surface area contributed by atoms with Crippen LogP contribution in [0.25, 0.3) is 0 Å². The molecule has 1 aromatic rings. The van der Waals surface area contributed by atoms with Gasteiger partial charge in [-0.3, -0.25) is 0 Å². The van der Waals surface area contributed by atoms with Crippen LogP contribution in [0.15, 0.2) is 30.3 Å². The predicted octanol–water partition coefficient (Wildman–Crippen LogP) is 2.72. The second-order valence-electron chi connectivity index (χ2n) is 3.42. The molecule has 0 spiro atoms. The molecule has 1 N–H and O–H groups in total. The molecule has 1 aromatic carbocycles. The summed E-state index contributed by atoms with van der Waals surface area (Å²) in [6.45, 7) is 4.52. The number of aliphatic hydroxyl groups is 1. The molecule has 1 rings (SSSR count). The molecule has 0 radical (unpaired) electrons. The third-order valence-corrected chi connectivity index (χ3v) is 1.69. The molecule has 0 amide bonds. The van der Waals surface area contributed by atoms with Crippen LogP contribution in [0.1, 0.15) is 20.3 Å². The number of benzene rings is 1. The van der Waals surface area contributed by atoms with Crippen molar-refractivity contribution in [2.24, 2.45) is 5.92 Å². The standard InChI is InChI=1S/C7H8O.C5H12O/c1-8-7-5-3-2-4-6-7;1-5(2)3-4-6/h2-6H,1H3;5-6H,3-4H2,1-2H3. The average molecular weight is 196 g/mol. The molecule has 2 nitrogen and oxygen atoms in total. The zero-order valence-electron chi connectivity index (χ0n) is 9.23. The van der Waals surface area contributed by atoms with Crippen molar-refractivity contribution in [1.29, 1.82) is 0 Å². The van der Waals surface area contributed by atoms with Gasteiger partial charge in [-0.1, -0.05) is 32.0 Å². The monoisotopic (exact) mass is 196 g/mol. The normalized spacial score (nSPS) is 9.21. The van der Waals surface area contributed by atoms with Crippen molar-refractivity contribution in [3.8, 4) is 5.75 Å². The van der Waals surface area contributed by atoms with Crippen molar-refractivity contribution < 1.29 is 9.84 Å². The summed E-state index contributed by atoms with van der Waals surface area (Å²) in [5.41, 5.74) is 0. The Bertz CT molecular complexity index is 207. The summed E-state index contributed by atoms with van der Waals surface area (Å²) in [7, 11) is 1.66. The largest absolute Gasteiger partial charge is 0.497 e. The summed E-state index contributed by atoms with van der Waals surface area (Å²) in [6.07, 6.45) is 0.931. The molecule has 0 fully saturated rings. The molecule has 80 valence electrons. The van der Waals surface area contributed by atoms with Crippen molar-refractivity contribution >= 4 is 0 Å². The van der Waals surface area contributed by atoms with Crippen LogP contribution in [0.3, 0.4) is 0 Å². The van der Waals surface area contributed by atoms with Gasteiger partial charge in [0.2, 0.25) is 0 Å². The lowest BCUT2D eigenvalue weighted by atomic mass is 10.2. The highest BCUT2D eigenvalue weighted by atomic mass is 16.5. The third kappa shape index (κ3) is 7.62. The van der Waals surface area contributed by atoms with Gasteiger partial charge in [-0.15, -0.1) is 0 Å². The molecular weight excluding hydrogens is 176 g/mol. The molecular formula is C12H20O2. The first-order valence-corrected chi connectivity index (χ1v) is 4.90. The van der Waals surface area contributed by atoms with Gasteiger partial charge >= 0.3 is 0 Å². The maximum atomic E-state index is 8.24. The van der Waals surface area contributed by atoms with Crippen LogP contribution < -0.4 is 4.74 Å². The van der Waals surface area contributed by atoms with E-state index >= 15 is 0 Å². The molecule has 14 heavy (non-hydrogen) atoms. The Balaban J connectivity index is 0.000000255. The third-order valence-electron chi connectivity index (χ3n) is 1.69. The fourth-order valence-corrected chi connectivity index (χ4v) is 0.815. The number of methoxy groups -OCH3 is 1. The minimum Gasteiger partial charge on any atom is -0.497 e. The summed E-state index contributed by atoms with van der Waals surface area (Å²) >= 11 is 0. The number of hydrogen-bond donors (Lipinski definition) is 1. The maximum Gasteiger partial charge on any atom is 0.118 e. The van der Waals surface area contributed by atoms with E-state index in [-0.39, 0.29) is 0 Å². The first kappa shape index (κ1) is 13.0. The van der Waals surface area contributed by atoms with Crippen LogP contribution in [0, 0.1) is 5.92 Å². The Morgan fingerprint density at radius 2 is 1.79 bits per heavy atom. The molecule has 0 aliphatic heterocycles. The van der Waals surface area contributed by atoms with E-state index in [1.165, 1.54) is 0 Å². The highest BCUT2D eigenvalue weighted by Crippen LogP contribution is 2.05.